The molecule has 1 aliphatic rings. The maximum absolute atomic E-state index is 12.2. The van der Waals surface area contributed by atoms with E-state index in [-0.39, 0.29) is 5.97 Å². The maximum atomic E-state index is 12.2. The smallest absolute Gasteiger partial charge is 0.340 e. The molecule has 116 valence electrons. The minimum Gasteiger partial charge on any atom is -0.462 e. The van der Waals surface area contributed by atoms with E-state index in [9.17, 15) is 4.79 Å². The zero-order valence-electron chi connectivity index (χ0n) is 12.9. The number of benzene rings is 1. The molecule has 0 amide bonds. The van der Waals surface area contributed by atoms with E-state index < -0.39 is 0 Å². The molecule has 21 heavy (non-hydrogen) atoms. The highest BCUT2D eigenvalue weighted by molar-refractivity contribution is 6.34. The molecule has 2 N–H and O–H groups in total. The Bertz CT molecular complexity index is 527. The van der Waals surface area contributed by atoms with Gasteiger partial charge in [0.2, 0.25) is 0 Å². The number of anilines is 2. The summed E-state index contributed by atoms with van der Waals surface area (Å²) in [6.45, 7) is 7.30. The summed E-state index contributed by atoms with van der Waals surface area (Å²) in [5.41, 5.74) is 7.55. The summed E-state index contributed by atoms with van der Waals surface area (Å²) in [5, 5.41) is 0.519. The van der Waals surface area contributed by atoms with Gasteiger partial charge in [-0.05, 0) is 37.8 Å². The lowest BCUT2D eigenvalue weighted by molar-refractivity contribution is 0.0527. The number of carbonyl (C=O) groups is 1. The second-order valence-corrected chi connectivity index (χ2v) is 6.30. The van der Waals surface area contributed by atoms with Gasteiger partial charge in [0.15, 0.2) is 0 Å². The Morgan fingerprint density at radius 1 is 1.48 bits per heavy atom. The molecule has 0 bridgehead atoms. The van der Waals surface area contributed by atoms with E-state index in [4.69, 9.17) is 22.1 Å². The van der Waals surface area contributed by atoms with Crippen molar-refractivity contribution in [2.24, 2.45) is 5.92 Å². The molecule has 1 aliphatic carbocycles. The molecule has 1 saturated carbocycles. The fourth-order valence-corrected chi connectivity index (χ4v) is 2.82. The van der Waals surface area contributed by atoms with Crippen molar-refractivity contribution in [1.82, 2.24) is 0 Å². The van der Waals surface area contributed by atoms with Crippen LogP contribution in [-0.4, -0.2) is 25.2 Å². The zero-order valence-corrected chi connectivity index (χ0v) is 13.6. The standard InChI is InChI=1S/C16H23ClN2O2/c1-4-21-16(20)13-7-11(18)8-14(17)15(13)19(9-10(2)3)12-5-6-12/h7-8,10,12H,4-6,9,18H2,1-3H3. The van der Waals surface area contributed by atoms with Crippen molar-refractivity contribution in [2.75, 3.05) is 23.8 Å². The second-order valence-electron chi connectivity index (χ2n) is 5.90. The summed E-state index contributed by atoms with van der Waals surface area (Å²) < 4.78 is 5.15. The molecular formula is C16H23ClN2O2. The minimum absolute atomic E-state index is 0.332. The van der Waals surface area contributed by atoms with Gasteiger partial charge in [-0.15, -0.1) is 0 Å². The van der Waals surface area contributed by atoms with E-state index >= 15 is 0 Å². The fourth-order valence-electron chi connectivity index (χ4n) is 2.48. The lowest BCUT2D eigenvalue weighted by Gasteiger charge is -2.29. The molecule has 2 rings (SSSR count). The number of halogens is 1. The van der Waals surface area contributed by atoms with Crippen molar-refractivity contribution < 1.29 is 9.53 Å². The molecule has 0 aromatic heterocycles. The molecule has 5 heteroatoms. The Morgan fingerprint density at radius 2 is 2.14 bits per heavy atom. The van der Waals surface area contributed by atoms with Crippen LogP contribution in [0.2, 0.25) is 5.02 Å². The Labute approximate surface area is 131 Å². The maximum Gasteiger partial charge on any atom is 0.340 e. The van der Waals surface area contributed by atoms with Gasteiger partial charge in [-0.25, -0.2) is 4.79 Å². The SMILES string of the molecule is CCOC(=O)c1cc(N)cc(Cl)c1N(CC(C)C)C1CC1. The molecule has 1 aromatic rings. The van der Waals surface area contributed by atoms with Crippen LogP contribution in [0.4, 0.5) is 11.4 Å². The molecule has 4 nitrogen and oxygen atoms in total. The van der Waals surface area contributed by atoms with Gasteiger partial charge in [0, 0.05) is 18.3 Å². The largest absolute Gasteiger partial charge is 0.462 e. The van der Waals surface area contributed by atoms with Gasteiger partial charge < -0.3 is 15.4 Å². The van der Waals surface area contributed by atoms with Crippen molar-refractivity contribution in [3.8, 4) is 0 Å². The first-order valence-corrected chi connectivity index (χ1v) is 7.84. The number of nitrogens with zero attached hydrogens (tertiary/aromatic N) is 1. The predicted octanol–water partition coefficient (Wildman–Crippen LogP) is 3.72. The Balaban J connectivity index is 2.46. The van der Waals surface area contributed by atoms with Crippen LogP contribution in [0.1, 0.15) is 44.0 Å². The molecule has 0 saturated heterocycles. The highest BCUT2D eigenvalue weighted by Crippen LogP contribution is 2.40. The third-order valence-corrected chi connectivity index (χ3v) is 3.71. The summed E-state index contributed by atoms with van der Waals surface area (Å²) in [6.07, 6.45) is 2.27. The summed E-state index contributed by atoms with van der Waals surface area (Å²) in [4.78, 5) is 14.5. The van der Waals surface area contributed by atoms with E-state index in [1.165, 1.54) is 0 Å². The van der Waals surface area contributed by atoms with Crippen LogP contribution in [0.25, 0.3) is 0 Å². The molecule has 0 aliphatic heterocycles. The van der Waals surface area contributed by atoms with Crippen molar-refractivity contribution in [1.29, 1.82) is 0 Å². The number of hydrogen-bond acceptors (Lipinski definition) is 4. The summed E-state index contributed by atoms with van der Waals surface area (Å²) in [5.74, 6) is 0.116. The molecule has 0 radical (unpaired) electrons. The molecular weight excluding hydrogens is 288 g/mol. The molecule has 0 spiro atoms. The monoisotopic (exact) mass is 310 g/mol. The molecule has 0 atom stereocenters. The average Bonchev–Trinajstić information content (AvgIpc) is 3.20. The van der Waals surface area contributed by atoms with E-state index in [0.717, 1.165) is 25.1 Å². The van der Waals surface area contributed by atoms with Gasteiger partial charge in [-0.2, -0.15) is 0 Å². The number of ether oxygens (including phenoxy) is 1. The first-order chi connectivity index (χ1) is 9.93. The van der Waals surface area contributed by atoms with E-state index in [2.05, 4.69) is 18.7 Å². The van der Waals surface area contributed by atoms with Gasteiger partial charge >= 0.3 is 5.97 Å². The topological polar surface area (TPSA) is 55.6 Å². The quantitative estimate of drug-likeness (QED) is 0.642. The molecule has 0 unspecified atom stereocenters. The number of nitrogen functional groups attached to an aromatic ring is 1. The highest BCUT2D eigenvalue weighted by atomic mass is 35.5. The Kier molecular flexibility index (Phi) is 4.99. The highest BCUT2D eigenvalue weighted by Gasteiger charge is 2.33. The van der Waals surface area contributed by atoms with Crippen molar-refractivity contribution in [3.63, 3.8) is 0 Å². The van der Waals surface area contributed by atoms with Crippen LogP contribution in [0.3, 0.4) is 0 Å². The van der Waals surface area contributed by atoms with Gasteiger partial charge in [-0.1, -0.05) is 25.4 Å². The van der Waals surface area contributed by atoms with Gasteiger partial charge in [-0.3, -0.25) is 0 Å². The molecule has 1 fully saturated rings. The van der Waals surface area contributed by atoms with E-state index in [1.807, 2.05) is 0 Å². The van der Waals surface area contributed by atoms with E-state index in [0.29, 0.717) is 34.8 Å². The lowest BCUT2D eigenvalue weighted by atomic mass is 10.1. The summed E-state index contributed by atoms with van der Waals surface area (Å²) >= 11 is 6.40. The van der Waals surface area contributed by atoms with Crippen LogP contribution in [0.15, 0.2) is 12.1 Å². The van der Waals surface area contributed by atoms with Crippen molar-refractivity contribution in [3.05, 3.63) is 22.7 Å². The normalized spacial score (nSPS) is 14.3. The Morgan fingerprint density at radius 3 is 2.67 bits per heavy atom. The third kappa shape index (κ3) is 3.82. The third-order valence-electron chi connectivity index (χ3n) is 3.42. The second kappa shape index (κ2) is 6.56. The lowest BCUT2D eigenvalue weighted by Crippen LogP contribution is -2.31. The van der Waals surface area contributed by atoms with Gasteiger partial charge in [0.25, 0.3) is 0 Å². The van der Waals surface area contributed by atoms with Crippen LogP contribution in [0.5, 0.6) is 0 Å². The van der Waals surface area contributed by atoms with Crippen LogP contribution in [-0.2, 0) is 4.74 Å². The Hall–Kier alpha value is -1.42. The van der Waals surface area contributed by atoms with Crippen LogP contribution in [0, 0.1) is 5.92 Å². The van der Waals surface area contributed by atoms with Crippen molar-refractivity contribution in [2.45, 2.75) is 39.7 Å². The zero-order chi connectivity index (χ0) is 15.6. The molecule has 0 heterocycles. The predicted molar refractivity (Wildman–Crippen MR) is 87.0 cm³/mol. The number of esters is 1. The number of rotatable bonds is 6. The van der Waals surface area contributed by atoms with Crippen LogP contribution >= 0.6 is 11.6 Å². The van der Waals surface area contributed by atoms with E-state index in [1.54, 1.807) is 19.1 Å². The average molecular weight is 311 g/mol. The van der Waals surface area contributed by atoms with Crippen molar-refractivity contribution >= 4 is 28.9 Å². The molecule has 1 aromatic carbocycles. The van der Waals surface area contributed by atoms with Crippen LogP contribution < -0.4 is 10.6 Å². The fraction of sp³-hybridized carbons (Fsp3) is 0.562. The van der Waals surface area contributed by atoms with Gasteiger partial charge in [0.05, 0.1) is 22.9 Å². The first kappa shape index (κ1) is 16.0. The number of hydrogen-bond donors (Lipinski definition) is 1. The summed E-state index contributed by atoms with van der Waals surface area (Å²) in [6, 6.07) is 3.83. The number of nitrogens with two attached hydrogens (primary N) is 1. The number of carbonyl (C=O) groups excluding carboxylic acids is 1. The minimum atomic E-state index is -0.365. The summed E-state index contributed by atoms with van der Waals surface area (Å²) in [7, 11) is 0. The van der Waals surface area contributed by atoms with Gasteiger partial charge in [0.1, 0.15) is 0 Å². The first-order valence-electron chi connectivity index (χ1n) is 7.46.